The highest BCUT2D eigenvalue weighted by Crippen LogP contribution is 2.18. The number of nitrogens with one attached hydrogen (secondary N) is 1. The Hall–Kier alpha value is -0.750. The van der Waals surface area contributed by atoms with Crippen LogP contribution in [0.25, 0.3) is 0 Å². The Balaban J connectivity index is 2.68. The van der Waals surface area contributed by atoms with Crippen molar-refractivity contribution in [2.45, 2.75) is 6.18 Å². The van der Waals surface area contributed by atoms with Gasteiger partial charge < -0.3 is 5.32 Å². The molecule has 0 aliphatic rings. The predicted octanol–water partition coefficient (Wildman–Crippen LogP) is 2.76. The fourth-order valence-corrected chi connectivity index (χ4v) is 1.08. The zero-order valence-corrected chi connectivity index (χ0v) is 8.08. The van der Waals surface area contributed by atoms with Gasteiger partial charge in [-0.05, 0) is 11.6 Å². The van der Waals surface area contributed by atoms with Crippen molar-refractivity contribution in [2.75, 3.05) is 11.9 Å². The summed E-state index contributed by atoms with van der Waals surface area (Å²) in [6, 6.07) is 1.15. The molecule has 8 heteroatoms. The molecule has 1 rings (SSSR count). The summed E-state index contributed by atoms with van der Waals surface area (Å²) < 4.78 is 35.3. The van der Waals surface area contributed by atoms with Gasteiger partial charge in [0.25, 0.3) is 0 Å². The van der Waals surface area contributed by atoms with Crippen molar-refractivity contribution in [3.63, 3.8) is 0 Å². The van der Waals surface area contributed by atoms with Gasteiger partial charge >= 0.3 is 6.18 Å². The smallest absolute Gasteiger partial charge is 0.361 e. The van der Waals surface area contributed by atoms with Crippen LogP contribution < -0.4 is 5.32 Å². The molecule has 0 aliphatic carbocycles. The molecule has 1 aromatic rings. The van der Waals surface area contributed by atoms with Gasteiger partial charge in [0.15, 0.2) is 0 Å². The Morgan fingerprint density at radius 1 is 1.29 bits per heavy atom. The van der Waals surface area contributed by atoms with Gasteiger partial charge in [0, 0.05) is 6.07 Å². The number of aromatic nitrogens is 2. The minimum Gasteiger partial charge on any atom is -0.361 e. The van der Waals surface area contributed by atoms with Crippen LogP contribution in [0.1, 0.15) is 0 Å². The maximum atomic E-state index is 11.8. The molecule has 0 radical (unpaired) electrons. The van der Waals surface area contributed by atoms with Gasteiger partial charge in [-0.3, -0.25) is 0 Å². The van der Waals surface area contributed by atoms with E-state index in [1.165, 1.54) is 0 Å². The van der Waals surface area contributed by atoms with Gasteiger partial charge in [0.05, 0.1) is 0 Å². The fourth-order valence-electron chi connectivity index (χ4n) is 0.671. The lowest BCUT2D eigenvalue weighted by Gasteiger charge is -2.08. The molecule has 0 fully saturated rings. The third-order valence-corrected chi connectivity index (χ3v) is 1.50. The Kier molecular flexibility index (Phi) is 3.38. The average Bonchev–Trinajstić information content (AvgIpc) is 1.97. The molecule has 14 heavy (non-hydrogen) atoms. The first-order valence-corrected chi connectivity index (χ1v) is 4.13. The second-order valence-corrected chi connectivity index (χ2v) is 3.04. The van der Waals surface area contributed by atoms with Gasteiger partial charge in [0.2, 0.25) is 5.28 Å². The summed E-state index contributed by atoms with van der Waals surface area (Å²) in [5.74, 6) is -0.0627. The maximum absolute atomic E-state index is 11.8. The van der Waals surface area contributed by atoms with Crippen molar-refractivity contribution >= 4 is 29.0 Å². The third-order valence-electron chi connectivity index (χ3n) is 1.14. The molecule has 1 heterocycles. The fraction of sp³-hybridized carbons (Fsp3) is 0.333. The molecule has 0 saturated heterocycles. The molecule has 78 valence electrons. The van der Waals surface area contributed by atoms with E-state index in [2.05, 4.69) is 9.97 Å². The predicted molar refractivity (Wildman–Crippen MR) is 46.6 cm³/mol. The van der Waals surface area contributed by atoms with E-state index in [9.17, 15) is 13.2 Å². The highest BCUT2D eigenvalue weighted by atomic mass is 35.5. The standard InChI is InChI=1S/C6H4Cl2F3N3/c7-3-1-4(14-5(8)13-3)12-2-6(9,10)11/h1H,2H2,(H,12,13,14). The minimum absolute atomic E-state index is 0.0188. The zero-order valence-electron chi connectivity index (χ0n) is 6.57. The van der Waals surface area contributed by atoms with Crippen molar-refractivity contribution in [1.29, 1.82) is 0 Å². The minimum atomic E-state index is -4.32. The lowest BCUT2D eigenvalue weighted by atomic mass is 10.5. The lowest BCUT2D eigenvalue weighted by Crippen LogP contribution is -2.21. The van der Waals surface area contributed by atoms with Gasteiger partial charge in [0.1, 0.15) is 17.5 Å². The number of alkyl halides is 3. The molecule has 1 aromatic heterocycles. The van der Waals surface area contributed by atoms with Crippen LogP contribution in [0.3, 0.4) is 0 Å². The summed E-state index contributed by atoms with van der Waals surface area (Å²) in [7, 11) is 0. The first-order valence-electron chi connectivity index (χ1n) is 3.37. The first-order chi connectivity index (χ1) is 6.37. The van der Waals surface area contributed by atoms with E-state index in [1.54, 1.807) is 0 Å². The second-order valence-electron chi connectivity index (χ2n) is 2.31. The molecule has 0 unspecified atom stereocenters. The van der Waals surface area contributed by atoms with Crippen molar-refractivity contribution in [2.24, 2.45) is 0 Å². The molecular formula is C6H4Cl2F3N3. The molecule has 3 nitrogen and oxygen atoms in total. The number of anilines is 1. The summed E-state index contributed by atoms with van der Waals surface area (Å²) in [6.45, 7) is -1.20. The van der Waals surface area contributed by atoms with Crippen LogP contribution in [0, 0.1) is 0 Å². The van der Waals surface area contributed by atoms with E-state index in [-0.39, 0.29) is 16.3 Å². The number of rotatable bonds is 2. The quantitative estimate of drug-likeness (QED) is 0.644. The van der Waals surface area contributed by atoms with Crippen molar-refractivity contribution in [1.82, 2.24) is 9.97 Å². The van der Waals surface area contributed by atoms with E-state index in [0.717, 1.165) is 6.07 Å². The molecule has 0 saturated carbocycles. The number of hydrogen-bond acceptors (Lipinski definition) is 3. The van der Waals surface area contributed by atoms with E-state index in [1.807, 2.05) is 5.32 Å². The van der Waals surface area contributed by atoms with Crippen LogP contribution in [0.15, 0.2) is 6.07 Å². The van der Waals surface area contributed by atoms with Crippen LogP contribution in [-0.2, 0) is 0 Å². The second kappa shape index (κ2) is 4.18. The SMILES string of the molecule is FC(F)(F)CNc1cc(Cl)nc(Cl)n1. The Bertz CT molecular complexity index is 308. The Labute approximate surface area is 87.3 Å². The third kappa shape index (κ3) is 3.97. The topological polar surface area (TPSA) is 37.8 Å². The van der Waals surface area contributed by atoms with Gasteiger partial charge in [-0.15, -0.1) is 0 Å². The van der Waals surface area contributed by atoms with E-state index in [0.29, 0.717) is 0 Å². The molecular weight excluding hydrogens is 242 g/mol. The lowest BCUT2D eigenvalue weighted by molar-refractivity contribution is -0.115. The van der Waals surface area contributed by atoms with Crippen LogP contribution in [-0.4, -0.2) is 22.7 Å². The first kappa shape index (κ1) is 11.3. The number of nitrogens with zero attached hydrogens (tertiary/aromatic N) is 2. The zero-order chi connectivity index (χ0) is 10.8. The van der Waals surface area contributed by atoms with Gasteiger partial charge in [-0.25, -0.2) is 9.97 Å². The maximum Gasteiger partial charge on any atom is 0.405 e. The van der Waals surface area contributed by atoms with Crippen molar-refractivity contribution in [3.05, 3.63) is 16.5 Å². The number of hydrogen-bond donors (Lipinski definition) is 1. The molecule has 0 bridgehead atoms. The van der Waals surface area contributed by atoms with Gasteiger partial charge in [-0.1, -0.05) is 11.6 Å². The molecule has 0 aromatic carbocycles. The van der Waals surface area contributed by atoms with Crippen LogP contribution in [0.2, 0.25) is 10.4 Å². The summed E-state index contributed by atoms with van der Waals surface area (Å²) in [6.07, 6.45) is -4.32. The molecule has 0 spiro atoms. The summed E-state index contributed by atoms with van der Waals surface area (Å²) in [5, 5.41) is 1.80. The largest absolute Gasteiger partial charge is 0.405 e. The average molecular weight is 246 g/mol. The molecule has 0 amide bonds. The van der Waals surface area contributed by atoms with Crippen molar-refractivity contribution < 1.29 is 13.2 Å². The van der Waals surface area contributed by atoms with Gasteiger partial charge in [-0.2, -0.15) is 13.2 Å². The van der Waals surface area contributed by atoms with E-state index >= 15 is 0 Å². The highest BCUT2D eigenvalue weighted by Gasteiger charge is 2.26. The van der Waals surface area contributed by atoms with E-state index < -0.39 is 12.7 Å². The number of halogens is 5. The normalized spacial score (nSPS) is 11.5. The van der Waals surface area contributed by atoms with Crippen LogP contribution in [0.4, 0.5) is 19.0 Å². The Morgan fingerprint density at radius 2 is 1.93 bits per heavy atom. The molecule has 1 N–H and O–H groups in total. The summed E-state index contributed by atoms with van der Waals surface area (Å²) >= 11 is 10.8. The monoisotopic (exact) mass is 245 g/mol. The molecule has 0 aliphatic heterocycles. The summed E-state index contributed by atoms with van der Waals surface area (Å²) in [5.41, 5.74) is 0. The van der Waals surface area contributed by atoms with Crippen LogP contribution >= 0.6 is 23.2 Å². The Morgan fingerprint density at radius 3 is 2.43 bits per heavy atom. The molecule has 0 atom stereocenters. The van der Waals surface area contributed by atoms with Crippen molar-refractivity contribution in [3.8, 4) is 0 Å². The highest BCUT2D eigenvalue weighted by molar-refractivity contribution is 6.32. The summed E-state index contributed by atoms with van der Waals surface area (Å²) in [4.78, 5) is 6.97. The van der Waals surface area contributed by atoms with Crippen LogP contribution in [0.5, 0.6) is 0 Å². The van der Waals surface area contributed by atoms with E-state index in [4.69, 9.17) is 23.2 Å².